The molecule has 1 aromatic rings. The van der Waals surface area contributed by atoms with Gasteiger partial charge in [0.2, 0.25) is 5.91 Å². The predicted octanol–water partition coefficient (Wildman–Crippen LogP) is 1.53. The molecule has 1 heterocycles. The summed E-state index contributed by atoms with van der Waals surface area (Å²) in [5, 5.41) is 3.25. The molecular weight excluding hydrogens is 260 g/mol. The third-order valence-electron chi connectivity index (χ3n) is 3.20. The number of nitrogens with zero attached hydrogens (tertiary/aromatic N) is 1. The van der Waals surface area contributed by atoms with Crippen molar-refractivity contribution in [2.45, 2.75) is 11.8 Å². The SMILES string of the molecule is COc1ccc(SCC(=O)N2CCNCC2)cc1C. The van der Waals surface area contributed by atoms with Crippen LogP contribution in [0.2, 0.25) is 0 Å². The fourth-order valence-electron chi connectivity index (χ4n) is 2.09. The Bertz CT molecular complexity index is 445. The molecule has 1 aliphatic rings. The lowest BCUT2D eigenvalue weighted by molar-refractivity contribution is -0.128. The number of amides is 1. The third-order valence-corrected chi connectivity index (χ3v) is 4.18. The summed E-state index contributed by atoms with van der Waals surface area (Å²) in [7, 11) is 1.67. The maximum atomic E-state index is 12.0. The van der Waals surface area contributed by atoms with E-state index in [1.54, 1.807) is 18.9 Å². The maximum absolute atomic E-state index is 12.0. The lowest BCUT2D eigenvalue weighted by atomic mass is 10.2. The second-order valence-corrected chi connectivity index (χ2v) is 5.60. The summed E-state index contributed by atoms with van der Waals surface area (Å²) in [4.78, 5) is 15.1. The number of piperazine rings is 1. The van der Waals surface area contributed by atoms with E-state index in [9.17, 15) is 4.79 Å². The van der Waals surface area contributed by atoms with E-state index in [4.69, 9.17) is 4.74 Å². The van der Waals surface area contributed by atoms with Crippen LogP contribution in [0.15, 0.2) is 23.1 Å². The van der Waals surface area contributed by atoms with Crippen molar-refractivity contribution in [2.75, 3.05) is 39.0 Å². The zero-order chi connectivity index (χ0) is 13.7. The van der Waals surface area contributed by atoms with Gasteiger partial charge in [0.25, 0.3) is 0 Å². The Morgan fingerprint density at radius 2 is 2.16 bits per heavy atom. The van der Waals surface area contributed by atoms with E-state index in [-0.39, 0.29) is 5.91 Å². The topological polar surface area (TPSA) is 41.6 Å². The van der Waals surface area contributed by atoms with Crippen LogP contribution in [0.3, 0.4) is 0 Å². The number of hydrogen-bond donors (Lipinski definition) is 1. The van der Waals surface area contributed by atoms with Gasteiger partial charge >= 0.3 is 0 Å². The number of nitrogens with one attached hydrogen (secondary N) is 1. The van der Waals surface area contributed by atoms with Crippen LogP contribution >= 0.6 is 11.8 Å². The Kier molecular flexibility index (Phi) is 5.10. The molecule has 1 aromatic carbocycles. The number of carbonyl (C=O) groups is 1. The van der Waals surface area contributed by atoms with Crippen LogP contribution in [0.5, 0.6) is 5.75 Å². The van der Waals surface area contributed by atoms with Gasteiger partial charge in [-0.25, -0.2) is 0 Å². The standard InChI is InChI=1S/C14H20N2O2S/c1-11-9-12(3-4-13(11)18-2)19-10-14(17)16-7-5-15-6-8-16/h3-4,9,15H,5-8,10H2,1-2H3. The molecule has 19 heavy (non-hydrogen) atoms. The molecule has 1 saturated heterocycles. The van der Waals surface area contributed by atoms with Gasteiger partial charge in [-0.2, -0.15) is 0 Å². The number of hydrogen-bond acceptors (Lipinski definition) is 4. The van der Waals surface area contributed by atoms with Crippen LogP contribution in [0.4, 0.5) is 0 Å². The fourth-order valence-corrected chi connectivity index (χ4v) is 2.99. The fraction of sp³-hybridized carbons (Fsp3) is 0.500. The molecule has 0 saturated carbocycles. The molecule has 0 aromatic heterocycles. The van der Waals surface area contributed by atoms with E-state index in [2.05, 4.69) is 11.4 Å². The first-order chi connectivity index (χ1) is 9.20. The second kappa shape index (κ2) is 6.82. The van der Waals surface area contributed by atoms with Crippen molar-refractivity contribution >= 4 is 17.7 Å². The Morgan fingerprint density at radius 3 is 2.79 bits per heavy atom. The first-order valence-corrected chi connectivity index (χ1v) is 7.45. The number of ether oxygens (including phenoxy) is 1. The summed E-state index contributed by atoms with van der Waals surface area (Å²) >= 11 is 1.59. The van der Waals surface area contributed by atoms with E-state index in [1.807, 2.05) is 24.0 Å². The number of aryl methyl sites for hydroxylation is 1. The number of thioether (sulfide) groups is 1. The molecule has 1 N–H and O–H groups in total. The molecule has 0 radical (unpaired) electrons. The summed E-state index contributed by atoms with van der Waals surface area (Å²) in [6.07, 6.45) is 0. The second-order valence-electron chi connectivity index (χ2n) is 4.55. The highest BCUT2D eigenvalue weighted by molar-refractivity contribution is 8.00. The van der Waals surface area contributed by atoms with Crippen LogP contribution in [-0.2, 0) is 4.79 Å². The highest BCUT2D eigenvalue weighted by Crippen LogP contribution is 2.25. The van der Waals surface area contributed by atoms with Crippen molar-refractivity contribution in [3.05, 3.63) is 23.8 Å². The lowest BCUT2D eigenvalue weighted by Gasteiger charge is -2.27. The molecule has 1 amide bonds. The van der Waals surface area contributed by atoms with Crippen molar-refractivity contribution in [3.63, 3.8) is 0 Å². The molecule has 104 valence electrons. The quantitative estimate of drug-likeness (QED) is 0.849. The smallest absolute Gasteiger partial charge is 0.233 e. The average Bonchev–Trinajstić information content (AvgIpc) is 2.46. The number of rotatable bonds is 4. The van der Waals surface area contributed by atoms with Gasteiger partial charge in [0, 0.05) is 31.1 Å². The molecule has 0 atom stereocenters. The van der Waals surface area contributed by atoms with Gasteiger partial charge in [-0.05, 0) is 30.7 Å². The van der Waals surface area contributed by atoms with E-state index in [0.29, 0.717) is 5.75 Å². The van der Waals surface area contributed by atoms with E-state index >= 15 is 0 Å². The molecule has 0 unspecified atom stereocenters. The molecule has 0 bridgehead atoms. The van der Waals surface area contributed by atoms with E-state index in [1.165, 1.54) is 0 Å². The van der Waals surface area contributed by atoms with Crippen LogP contribution < -0.4 is 10.1 Å². The molecular formula is C14H20N2O2S. The monoisotopic (exact) mass is 280 g/mol. The largest absolute Gasteiger partial charge is 0.496 e. The summed E-state index contributed by atoms with van der Waals surface area (Å²) in [6, 6.07) is 6.02. The molecule has 4 nitrogen and oxygen atoms in total. The zero-order valence-corrected chi connectivity index (χ0v) is 12.3. The highest BCUT2D eigenvalue weighted by Gasteiger charge is 2.16. The normalized spacial score (nSPS) is 15.4. The van der Waals surface area contributed by atoms with Gasteiger partial charge in [0.15, 0.2) is 0 Å². The van der Waals surface area contributed by atoms with Gasteiger partial charge in [0.05, 0.1) is 12.9 Å². The highest BCUT2D eigenvalue weighted by atomic mass is 32.2. The van der Waals surface area contributed by atoms with Crippen LogP contribution in [0, 0.1) is 6.92 Å². The summed E-state index contributed by atoms with van der Waals surface area (Å²) in [5.74, 6) is 1.61. The Balaban J connectivity index is 1.87. The molecule has 0 spiro atoms. The van der Waals surface area contributed by atoms with Crippen molar-refractivity contribution in [2.24, 2.45) is 0 Å². The number of carbonyl (C=O) groups excluding carboxylic acids is 1. The van der Waals surface area contributed by atoms with Crippen LogP contribution in [0.1, 0.15) is 5.56 Å². The van der Waals surface area contributed by atoms with E-state index < -0.39 is 0 Å². The maximum Gasteiger partial charge on any atom is 0.233 e. The van der Waals surface area contributed by atoms with Crippen LogP contribution in [0.25, 0.3) is 0 Å². The summed E-state index contributed by atoms with van der Waals surface area (Å²) < 4.78 is 5.23. The Labute approximate surface area is 118 Å². The average molecular weight is 280 g/mol. The van der Waals surface area contributed by atoms with E-state index in [0.717, 1.165) is 42.4 Å². The first-order valence-electron chi connectivity index (χ1n) is 6.46. The summed E-state index contributed by atoms with van der Waals surface area (Å²) in [6.45, 7) is 5.46. The minimum atomic E-state index is 0.222. The number of benzene rings is 1. The molecule has 1 fully saturated rings. The Morgan fingerprint density at radius 1 is 1.42 bits per heavy atom. The number of methoxy groups -OCH3 is 1. The minimum absolute atomic E-state index is 0.222. The van der Waals surface area contributed by atoms with Gasteiger partial charge in [-0.1, -0.05) is 0 Å². The van der Waals surface area contributed by atoms with Crippen molar-refractivity contribution < 1.29 is 9.53 Å². The van der Waals surface area contributed by atoms with Gasteiger partial charge in [-0.3, -0.25) is 4.79 Å². The van der Waals surface area contributed by atoms with Crippen molar-refractivity contribution in [1.29, 1.82) is 0 Å². The molecule has 1 aliphatic heterocycles. The molecule has 2 rings (SSSR count). The molecule has 0 aliphatic carbocycles. The van der Waals surface area contributed by atoms with Gasteiger partial charge < -0.3 is 15.0 Å². The predicted molar refractivity (Wildman–Crippen MR) is 77.9 cm³/mol. The Hall–Kier alpha value is -1.20. The third kappa shape index (κ3) is 3.88. The zero-order valence-electron chi connectivity index (χ0n) is 11.4. The van der Waals surface area contributed by atoms with Crippen molar-refractivity contribution in [1.82, 2.24) is 10.2 Å². The van der Waals surface area contributed by atoms with Gasteiger partial charge in [-0.15, -0.1) is 11.8 Å². The summed E-state index contributed by atoms with van der Waals surface area (Å²) in [5.41, 5.74) is 1.10. The van der Waals surface area contributed by atoms with Gasteiger partial charge in [0.1, 0.15) is 5.75 Å². The van der Waals surface area contributed by atoms with Crippen LogP contribution in [-0.4, -0.2) is 49.8 Å². The first kappa shape index (κ1) is 14.2. The molecule has 5 heteroatoms. The lowest BCUT2D eigenvalue weighted by Crippen LogP contribution is -2.47. The van der Waals surface area contributed by atoms with Crippen molar-refractivity contribution in [3.8, 4) is 5.75 Å². The minimum Gasteiger partial charge on any atom is -0.496 e.